The summed E-state index contributed by atoms with van der Waals surface area (Å²) in [5, 5.41) is 2.45. The quantitative estimate of drug-likeness (QED) is 0.168. The summed E-state index contributed by atoms with van der Waals surface area (Å²) in [6, 6.07) is 58.8. The minimum Gasteiger partial charge on any atom is -0.345 e. The van der Waals surface area contributed by atoms with Crippen molar-refractivity contribution >= 4 is 51.4 Å². The van der Waals surface area contributed by atoms with Crippen molar-refractivity contribution < 1.29 is 0 Å². The van der Waals surface area contributed by atoms with Gasteiger partial charge >= 0.3 is 0 Å². The molecule has 0 saturated carbocycles. The number of rotatable bonds is 7. The van der Waals surface area contributed by atoms with Crippen molar-refractivity contribution in [2.75, 3.05) is 16.8 Å². The zero-order valence-electron chi connectivity index (χ0n) is 26.1. The van der Waals surface area contributed by atoms with Crippen LogP contribution in [-0.2, 0) is 0 Å². The van der Waals surface area contributed by atoms with E-state index in [1.807, 2.05) is 12.2 Å². The van der Waals surface area contributed by atoms with E-state index in [-0.39, 0.29) is 0 Å². The fourth-order valence-electron chi connectivity index (χ4n) is 6.31. The molecule has 0 N–H and O–H groups in total. The molecule has 2 heteroatoms. The van der Waals surface area contributed by atoms with E-state index in [9.17, 15) is 0 Å². The van der Waals surface area contributed by atoms with Gasteiger partial charge in [-0.3, -0.25) is 0 Å². The first-order valence-electron chi connectivity index (χ1n) is 15.9. The van der Waals surface area contributed by atoms with Gasteiger partial charge in [-0.1, -0.05) is 115 Å². The Morgan fingerprint density at radius 3 is 1.70 bits per heavy atom. The lowest BCUT2D eigenvalue weighted by atomic mass is 10.0. The van der Waals surface area contributed by atoms with E-state index in [1.54, 1.807) is 0 Å². The van der Waals surface area contributed by atoms with E-state index in [0.29, 0.717) is 0 Å². The molecular weight excluding hydrogens is 569 g/mol. The van der Waals surface area contributed by atoms with Crippen molar-refractivity contribution in [1.82, 2.24) is 0 Å². The average Bonchev–Trinajstić information content (AvgIpc) is 3.15. The van der Waals surface area contributed by atoms with Gasteiger partial charge < -0.3 is 9.80 Å². The highest BCUT2D eigenvalue weighted by Gasteiger charge is 2.15. The monoisotopic (exact) mass is 600 g/mol. The molecule has 7 aromatic rings. The van der Waals surface area contributed by atoms with Crippen LogP contribution in [-0.4, -0.2) is 7.05 Å². The lowest BCUT2D eigenvalue weighted by Crippen LogP contribution is -2.10. The molecule has 0 fully saturated rings. The number of nitrogens with zero attached hydrogens (tertiary/aromatic N) is 2. The first-order valence-corrected chi connectivity index (χ1v) is 15.9. The Morgan fingerprint density at radius 1 is 0.362 bits per heavy atom. The van der Waals surface area contributed by atoms with Gasteiger partial charge in [0.1, 0.15) is 0 Å². The fraction of sp³-hybridized carbons (Fsp3) is 0.0222. The smallest absolute Gasteiger partial charge is 0.0468 e. The molecule has 1 aliphatic carbocycles. The Labute approximate surface area is 276 Å². The number of fused-ring (bicyclic) bond motifs is 2. The van der Waals surface area contributed by atoms with Crippen molar-refractivity contribution in [1.29, 1.82) is 0 Å². The summed E-state index contributed by atoms with van der Waals surface area (Å²) >= 11 is 0. The molecule has 0 spiro atoms. The number of benzene rings is 7. The lowest BCUT2D eigenvalue weighted by Gasteiger charge is -2.26. The lowest BCUT2D eigenvalue weighted by molar-refractivity contribution is 1.21. The predicted molar refractivity (Wildman–Crippen MR) is 200 cm³/mol. The molecule has 1 aliphatic rings. The second-order valence-corrected chi connectivity index (χ2v) is 11.8. The number of anilines is 5. The van der Waals surface area contributed by atoms with Crippen molar-refractivity contribution in [3.63, 3.8) is 0 Å². The van der Waals surface area contributed by atoms with Gasteiger partial charge in [-0.25, -0.2) is 0 Å². The number of hydrogen-bond acceptors (Lipinski definition) is 2. The van der Waals surface area contributed by atoms with Crippen LogP contribution in [0.15, 0.2) is 175 Å². The summed E-state index contributed by atoms with van der Waals surface area (Å²) in [5.41, 5.74) is 18.8. The molecule has 47 heavy (non-hydrogen) atoms. The average molecular weight is 601 g/mol. The molecule has 0 saturated heterocycles. The second-order valence-electron chi connectivity index (χ2n) is 11.8. The van der Waals surface area contributed by atoms with E-state index in [2.05, 4.69) is 192 Å². The van der Waals surface area contributed by atoms with Crippen LogP contribution in [0.2, 0.25) is 0 Å². The fourth-order valence-corrected chi connectivity index (χ4v) is 6.31. The largest absolute Gasteiger partial charge is 0.345 e. The van der Waals surface area contributed by atoms with Gasteiger partial charge in [0.25, 0.3) is 0 Å². The molecule has 0 amide bonds. The van der Waals surface area contributed by atoms with E-state index >= 15 is 0 Å². The topological polar surface area (TPSA) is 6.48 Å². The highest BCUT2D eigenvalue weighted by atomic mass is 15.1. The molecule has 222 valence electrons. The minimum atomic E-state index is 1.11. The SMILES string of the molecule is CN(c1ccc(-c2ccc(N(c3cccc(-c4ccccc4)c3)c3ccc4ccccc4c3)cc2)cc1)c1ccc2c(c1)C=C=C=C2. The van der Waals surface area contributed by atoms with Gasteiger partial charge in [0.15, 0.2) is 0 Å². The van der Waals surface area contributed by atoms with Crippen LogP contribution >= 0.6 is 0 Å². The molecule has 0 aromatic heterocycles. The Balaban J connectivity index is 1.11. The van der Waals surface area contributed by atoms with Crippen LogP contribution in [0.5, 0.6) is 0 Å². The Kier molecular flexibility index (Phi) is 7.34. The highest BCUT2D eigenvalue weighted by molar-refractivity contribution is 5.90. The van der Waals surface area contributed by atoms with Crippen molar-refractivity contribution in [3.8, 4) is 22.3 Å². The summed E-state index contributed by atoms with van der Waals surface area (Å²) in [5.74, 6) is 0. The first kappa shape index (κ1) is 28.2. The summed E-state index contributed by atoms with van der Waals surface area (Å²) in [6.07, 6.45) is 3.96. The summed E-state index contributed by atoms with van der Waals surface area (Å²) < 4.78 is 0. The maximum Gasteiger partial charge on any atom is 0.0468 e. The van der Waals surface area contributed by atoms with Crippen LogP contribution in [0.4, 0.5) is 28.4 Å². The van der Waals surface area contributed by atoms with Crippen LogP contribution in [0.3, 0.4) is 0 Å². The second kappa shape index (κ2) is 12.2. The van der Waals surface area contributed by atoms with Crippen molar-refractivity contribution in [2.24, 2.45) is 0 Å². The third kappa shape index (κ3) is 5.68. The van der Waals surface area contributed by atoms with Gasteiger partial charge in [-0.2, -0.15) is 0 Å². The third-order valence-corrected chi connectivity index (χ3v) is 8.91. The van der Waals surface area contributed by atoms with Gasteiger partial charge in [0.05, 0.1) is 0 Å². The van der Waals surface area contributed by atoms with Crippen LogP contribution in [0.1, 0.15) is 11.1 Å². The zero-order chi connectivity index (χ0) is 31.6. The van der Waals surface area contributed by atoms with Crippen molar-refractivity contribution in [3.05, 3.63) is 186 Å². The van der Waals surface area contributed by atoms with Gasteiger partial charge in [-0.15, -0.1) is 0 Å². The van der Waals surface area contributed by atoms with E-state index in [0.717, 1.165) is 34.0 Å². The van der Waals surface area contributed by atoms with Gasteiger partial charge in [0, 0.05) is 35.5 Å². The summed E-state index contributed by atoms with van der Waals surface area (Å²) in [4.78, 5) is 4.56. The third-order valence-electron chi connectivity index (χ3n) is 8.91. The van der Waals surface area contributed by atoms with Gasteiger partial charge in [0.2, 0.25) is 0 Å². The van der Waals surface area contributed by atoms with Crippen LogP contribution in [0, 0.1) is 0 Å². The maximum atomic E-state index is 3.07. The highest BCUT2D eigenvalue weighted by Crippen LogP contribution is 2.39. The molecule has 0 atom stereocenters. The first-order chi connectivity index (χ1) is 23.2. The van der Waals surface area contributed by atoms with Gasteiger partial charge in [-0.05, 0) is 117 Å². The Bertz CT molecular complexity index is 2320. The Hall–Kier alpha value is -6.30. The van der Waals surface area contributed by atoms with E-state index in [1.165, 1.54) is 38.6 Å². The normalized spacial score (nSPS) is 11.4. The van der Waals surface area contributed by atoms with Crippen LogP contribution < -0.4 is 9.80 Å². The molecule has 0 bridgehead atoms. The molecule has 0 heterocycles. The summed E-state index contributed by atoms with van der Waals surface area (Å²) in [7, 11) is 2.11. The Morgan fingerprint density at radius 2 is 0.936 bits per heavy atom. The summed E-state index contributed by atoms with van der Waals surface area (Å²) in [6.45, 7) is 0. The molecular formula is C45H32N2. The van der Waals surface area contributed by atoms with Crippen LogP contribution in [0.25, 0.3) is 45.2 Å². The van der Waals surface area contributed by atoms with Crippen molar-refractivity contribution in [2.45, 2.75) is 0 Å². The molecule has 0 radical (unpaired) electrons. The maximum absolute atomic E-state index is 3.07. The molecule has 2 nitrogen and oxygen atoms in total. The molecule has 0 aliphatic heterocycles. The van der Waals surface area contributed by atoms with E-state index < -0.39 is 0 Å². The molecule has 8 rings (SSSR count). The minimum absolute atomic E-state index is 1.11. The molecule has 0 unspecified atom stereocenters. The standard InChI is InChI=1S/C45H32N2/c1-46(43-28-22-34-12-5-7-14-38(34)30-43)41-24-18-36(19-25-41)37-20-26-42(27-21-37)47(45-29-23-35-13-6-8-15-39(35)32-45)44-17-9-16-40(31-44)33-10-3-2-4-11-33/h2-4,6,8-32H,1H3. The van der Waals surface area contributed by atoms with E-state index in [4.69, 9.17) is 0 Å². The number of hydrogen-bond donors (Lipinski definition) is 0. The predicted octanol–water partition coefficient (Wildman–Crippen LogP) is 12.2. The molecule has 7 aromatic carbocycles. The zero-order valence-corrected chi connectivity index (χ0v) is 26.1.